The van der Waals surface area contributed by atoms with Crippen LogP contribution in [0.15, 0.2) is 47.0 Å². The molecule has 0 radical (unpaired) electrons. The third-order valence-electron chi connectivity index (χ3n) is 2.81. The summed E-state index contributed by atoms with van der Waals surface area (Å²) < 4.78 is 19.0. The number of rotatable bonds is 2. The predicted octanol–water partition coefficient (Wildman–Crippen LogP) is 3.09. The summed E-state index contributed by atoms with van der Waals surface area (Å²) in [5.41, 5.74) is 7.45. The van der Waals surface area contributed by atoms with Gasteiger partial charge >= 0.3 is 0 Å². The second kappa shape index (κ2) is 4.23. The van der Waals surface area contributed by atoms with Gasteiger partial charge in [-0.1, -0.05) is 12.1 Å². The molecule has 0 fully saturated rings. The first-order valence-corrected chi connectivity index (χ1v) is 5.61. The Morgan fingerprint density at radius 1 is 1.22 bits per heavy atom. The van der Waals surface area contributed by atoms with Crippen molar-refractivity contribution in [3.8, 4) is 11.5 Å². The Labute approximate surface area is 103 Å². The maximum Gasteiger partial charge on any atom is 0.170 e. The molecule has 0 aliphatic rings. The van der Waals surface area contributed by atoms with E-state index in [1.165, 1.54) is 6.07 Å². The largest absolute Gasteiger partial charge is 0.451 e. The molecule has 0 saturated heterocycles. The summed E-state index contributed by atoms with van der Waals surface area (Å²) in [4.78, 5) is 4.21. The molecule has 90 valence electrons. The van der Waals surface area contributed by atoms with E-state index < -0.39 is 0 Å². The fourth-order valence-electron chi connectivity index (χ4n) is 1.89. The van der Waals surface area contributed by atoms with Crippen molar-refractivity contribution in [2.24, 2.45) is 5.73 Å². The van der Waals surface area contributed by atoms with Crippen LogP contribution in [0.2, 0.25) is 0 Å². The number of halogens is 1. The monoisotopic (exact) mass is 242 g/mol. The molecule has 0 saturated carbocycles. The van der Waals surface area contributed by atoms with E-state index in [9.17, 15) is 4.39 Å². The van der Waals surface area contributed by atoms with Gasteiger partial charge in [0.15, 0.2) is 17.2 Å². The zero-order valence-corrected chi connectivity index (χ0v) is 9.56. The first-order valence-electron chi connectivity index (χ1n) is 5.61. The van der Waals surface area contributed by atoms with Gasteiger partial charge in [0.1, 0.15) is 5.69 Å². The van der Waals surface area contributed by atoms with Crippen LogP contribution in [0.1, 0.15) is 5.56 Å². The Bertz CT molecular complexity index is 706. The van der Waals surface area contributed by atoms with E-state index in [-0.39, 0.29) is 11.4 Å². The molecular formula is C14H11FN2O. The molecule has 0 amide bonds. The topological polar surface area (TPSA) is 52.0 Å². The number of para-hydroxylation sites is 1. The van der Waals surface area contributed by atoms with Gasteiger partial charge in [-0.2, -0.15) is 0 Å². The highest BCUT2D eigenvalue weighted by Gasteiger charge is 2.10. The molecule has 3 aromatic rings. The lowest BCUT2D eigenvalue weighted by Gasteiger charge is -1.98. The van der Waals surface area contributed by atoms with Crippen LogP contribution in [0.5, 0.6) is 0 Å². The first-order chi connectivity index (χ1) is 8.78. The highest BCUT2D eigenvalue weighted by molar-refractivity contribution is 5.82. The lowest BCUT2D eigenvalue weighted by atomic mass is 10.2. The number of hydrogen-bond donors (Lipinski definition) is 1. The van der Waals surface area contributed by atoms with Gasteiger partial charge < -0.3 is 10.2 Å². The Morgan fingerprint density at radius 2 is 2.11 bits per heavy atom. The van der Waals surface area contributed by atoms with E-state index in [1.807, 2.05) is 12.1 Å². The number of fused-ring (bicyclic) bond motifs is 1. The van der Waals surface area contributed by atoms with Gasteiger partial charge in [0.05, 0.1) is 0 Å². The van der Waals surface area contributed by atoms with Crippen molar-refractivity contribution >= 4 is 11.0 Å². The van der Waals surface area contributed by atoms with Crippen molar-refractivity contribution in [3.63, 3.8) is 0 Å². The summed E-state index contributed by atoms with van der Waals surface area (Å²) in [6.45, 7) is 0.435. The Balaban J connectivity index is 2.16. The second-order valence-electron chi connectivity index (χ2n) is 4.02. The average Bonchev–Trinajstić information content (AvgIpc) is 2.84. The molecule has 0 atom stereocenters. The van der Waals surface area contributed by atoms with E-state index in [0.29, 0.717) is 18.0 Å². The summed E-state index contributed by atoms with van der Waals surface area (Å²) in [6.07, 6.45) is 1.67. The summed E-state index contributed by atoms with van der Waals surface area (Å²) in [7, 11) is 0. The number of benzene rings is 1. The fourth-order valence-corrected chi connectivity index (χ4v) is 1.89. The normalized spacial score (nSPS) is 11.0. The molecule has 0 unspecified atom stereocenters. The highest BCUT2D eigenvalue weighted by atomic mass is 19.1. The maximum atomic E-state index is 13.5. The molecule has 0 bridgehead atoms. The molecule has 0 spiro atoms. The standard InChI is InChI=1S/C14H11FN2O/c15-11-3-1-2-10-7-13(18-14(10)11)12-6-9(8-16)4-5-17-12/h1-7H,8,16H2. The summed E-state index contributed by atoms with van der Waals surface area (Å²) in [6, 6.07) is 10.3. The molecule has 2 N–H and O–H groups in total. The molecule has 4 heteroatoms. The van der Waals surface area contributed by atoms with Gasteiger partial charge in [-0.3, -0.25) is 4.98 Å². The minimum atomic E-state index is -0.367. The SMILES string of the molecule is NCc1ccnc(-c2cc3cccc(F)c3o2)c1. The van der Waals surface area contributed by atoms with Crippen molar-refractivity contribution in [2.45, 2.75) is 6.54 Å². The molecule has 1 aromatic carbocycles. The Morgan fingerprint density at radius 3 is 2.89 bits per heavy atom. The van der Waals surface area contributed by atoms with E-state index in [0.717, 1.165) is 10.9 Å². The zero-order valence-electron chi connectivity index (χ0n) is 9.56. The van der Waals surface area contributed by atoms with Crippen molar-refractivity contribution in [2.75, 3.05) is 0 Å². The predicted molar refractivity (Wildman–Crippen MR) is 67.3 cm³/mol. The van der Waals surface area contributed by atoms with E-state index in [4.69, 9.17) is 10.2 Å². The minimum Gasteiger partial charge on any atom is -0.451 e. The van der Waals surface area contributed by atoms with E-state index in [2.05, 4.69) is 4.98 Å². The second-order valence-corrected chi connectivity index (χ2v) is 4.02. The van der Waals surface area contributed by atoms with Crippen molar-refractivity contribution < 1.29 is 8.81 Å². The summed E-state index contributed by atoms with van der Waals surface area (Å²) in [5, 5.41) is 0.727. The van der Waals surface area contributed by atoms with Crippen LogP contribution < -0.4 is 5.73 Å². The third-order valence-corrected chi connectivity index (χ3v) is 2.81. The number of pyridine rings is 1. The van der Waals surface area contributed by atoms with Crippen LogP contribution in [0.3, 0.4) is 0 Å². The molecule has 0 aliphatic carbocycles. The average molecular weight is 242 g/mol. The molecular weight excluding hydrogens is 231 g/mol. The molecule has 0 aliphatic heterocycles. The van der Waals surface area contributed by atoms with Crippen LogP contribution in [0.25, 0.3) is 22.4 Å². The van der Waals surface area contributed by atoms with Crippen LogP contribution in [0, 0.1) is 5.82 Å². The number of aromatic nitrogens is 1. The van der Waals surface area contributed by atoms with Gasteiger partial charge in [-0.05, 0) is 29.8 Å². The zero-order chi connectivity index (χ0) is 12.5. The lowest BCUT2D eigenvalue weighted by Crippen LogP contribution is -1.96. The van der Waals surface area contributed by atoms with Crippen molar-refractivity contribution in [1.82, 2.24) is 4.98 Å². The fraction of sp³-hybridized carbons (Fsp3) is 0.0714. The quantitative estimate of drug-likeness (QED) is 0.751. The van der Waals surface area contributed by atoms with Gasteiger partial charge in [-0.15, -0.1) is 0 Å². The molecule has 18 heavy (non-hydrogen) atoms. The van der Waals surface area contributed by atoms with Gasteiger partial charge in [0.25, 0.3) is 0 Å². The van der Waals surface area contributed by atoms with Crippen LogP contribution in [0.4, 0.5) is 4.39 Å². The third kappa shape index (κ3) is 1.76. The van der Waals surface area contributed by atoms with Gasteiger partial charge in [0, 0.05) is 18.1 Å². The minimum absolute atomic E-state index is 0.257. The smallest absolute Gasteiger partial charge is 0.170 e. The lowest BCUT2D eigenvalue weighted by molar-refractivity contribution is 0.567. The number of nitrogens with two attached hydrogens (primary N) is 1. The van der Waals surface area contributed by atoms with Crippen LogP contribution in [-0.4, -0.2) is 4.98 Å². The van der Waals surface area contributed by atoms with E-state index >= 15 is 0 Å². The van der Waals surface area contributed by atoms with E-state index in [1.54, 1.807) is 24.4 Å². The number of nitrogens with zero attached hydrogens (tertiary/aromatic N) is 1. The Hall–Kier alpha value is -2.20. The molecule has 2 aromatic heterocycles. The molecule has 3 rings (SSSR count). The number of furan rings is 1. The van der Waals surface area contributed by atoms with Crippen molar-refractivity contribution in [1.29, 1.82) is 0 Å². The number of hydrogen-bond acceptors (Lipinski definition) is 3. The molecule has 3 nitrogen and oxygen atoms in total. The highest BCUT2D eigenvalue weighted by Crippen LogP contribution is 2.28. The van der Waals surface area contributed by atoms with Crippen LogP contribution in [-0.2, 0) is 6.54 Å². The summed E-state index contributed by atoms with van der Waals surface area (Å²) in [5.74, 6) is 0.180. The summed E-state index contributed by atoms with van der Waals surface area (Å²) >= 11 is 0. The van der Waals surface area contributed by atoms with Crippen LogP contribution >= 0.6 is 0 Å². The molecule has 2 heterocycles. The van der Waals surface area contributed by atoms with Gasteiger partial charge in [0.2, 0.25) is 0 Å². The maximum absolute atomic E-state index is 13.5. The Kier molecular flexibility index (Phi) is 2.57. The van der Waals surface area contributed by atoms with Crippen molar-refractivity contribution in [3.05, 3.63) is 54.0 Å². The van der Waals surface area contributed by atoms with Gasteiger partial charge in [-0.25, -0.2) is 4.39 Å². The first kappa shape index (κ1) is 10.9.